The van der Waals surface area contributed by atoms with E-state index < -0.39 is 5.97 Å². The molecule has 0 spiro atoms. The first-order chi connectivity index (χ1) is 9.58. The van der Waals surface area contributed by atoms with E-state index in [-0.39, 0.29) is 6.54 Å². The van der Waals surface area contributed by atoms with Gasteiger partial charge in [-0.1, -0.05) is 6.92 Å². The van der Waals surface area contributed by atoms with Gasteiger partial charge in [0, 0.05) is 45.0 Å². The van der Waals surface area contributed by atoms with Crippen molar-refractivity contribution in [2.45, 2.75) is 26.3 Å². The molecule has 112 valence electrons. The summed E-state index contributed by atoms with van der Waals surface area (Å²) >= 11 is 0. The van der Waals surface area contributed by atoms with Crippen LogP contribution in [0.4, 0.5) is 0 Å². The lowest BCUT2D eigenvalue weighted by Gasteiger charge is -2.20. The third-order valence-corrected chi connectivity index (χ3v) is 3.76. The largest absolute Gasteiger partial charge is 0.480 e. The molecule has 1 aliphatic heterocycles. The van der Waals surface area contributed by atoms with Gasteiger partial charge in [-0.2, -0.15) is 5.10 Å². The molecular formula is C14H24N4O2. The van der Waals surface area contributed by atoms with Crippen molar-refractivity contribution in [3.63, 3.8) is 0 Å². The van der Waals surface area contributed by atoms with Crippen LogP contribution in [0.25, 0.3) is 0 Å². The molecule has 1 aliphatic rings. The smallest absolute Gasteiger partial charge is 0.317 e. The van der Waals surface area contributed by atoms with Crippen LogP contribution in [0.3, 0.4) is 0 Å². The van der Waals surface area contributed by atoms with Crippen molar-refractivity contribution in [3.8, 4) is 0 Å². The Balaban J connectivity index is 1.92. The monoisotopic (exact) mass is 280 g/mol. The molecule has 6 nitrogen and oxygen atoms in total. The Labute approximate surface area is 120 Å². The van der Waals surface area contributed by atoms with Crippen LogP contribution < -0.4 is 0 Å². The summed E-state index contributed by atoms with van der Waals surface area (Å²) < 4.78 is 1.88. The van der Waals surface area contributed by atoms with Crippen molar-refractivity contribution < 1.29 is 9.90 Å². The molecule has 0 saturated carbocycles. The Morgan fingerprint density at radius 2 is 2.00 bits per heavy atom. The molecule has 6 heteroatoms. The van der Waals surface area contributed by atoms with Crippen molar-refractivity contribution in [1.29, 1.82) is 0 Å². The maximum Gasteiger partial charge on any atom is 0.317 e. The maximum atomic E-state index is 10.8. The highest BCUT2D eigenvalue weighted by molar-refractivity contribution is 5.69. The zero-order valence-corrected chi connectivity index (χ0v) is 12.4. The number of aromatic nitrogens is 2. The summed E-state index contributed by atoms with van der Waals surface area (Å²) in [7, 11) is 1.96. The van der Waals surface area contributed by atoms with Crippen molar-refractivity contribution in [2.75, 3.05) is 32.7 Å². The van der Waals surface area contributed by atoms with Crippen LogP contribution in [0.15, 0.2) is 6.20 Å². The zero-order valence-electron chi connectivity index (χ0n) is 12.4. The molecule has 20 heavy (non-hydrogen) atoms. The van der Waals surface area contributed by atoms with E-state index in [1.54, 1.807) is 0 Å². The lowest BCUT2D eigenvalue weighted by Crippen LogP contribution is -2.34. The second-order valence-corrected chi connectivity index (χ2v) is 5.43. The predicted molar refractivity (Wildman–Crippen MR) is 76.6 cm³/mol. The van der Waals surface area contributed by atoms with Gasteiger partial charge in [-0.3, -0.25) is 19.3 Å². The summed E-state index contributed by atoms with van der Waals surface area (Å²) in [5, 5.41) is 13.3. The van der Waals surface area contributed by atoms with Crippen LogP contribution in [-0.4, -0.2) is 63.4 Å². The molecule has 1 aromatic heterocycles. The molecule has 2 heterocycles. The minimum atomic E-state index is -0.737. The number of hydrogen-bond donors (Lipinski definition) is 1. The minimum Gasteiger partial charge on any atom is -0.480 e. The molecule has 1 N–H and O–H groups in total. The summed E-state index contributed by atoms with van der Waals surface area (Å²) in [5.74, 6) is -0.737. The zero-order chi connectivity index (χ0) is 14.5. The van der Waals surface area contributed by atoms with Gasteiger partial charge in [-0.15, -0.1) is 0 Å². The number of aryl methyl sites for hydroxylation is 2. The summed E-state index contributed by atoms with van der Waals surface area (Å²) in [6.45, 7) is 6.84. The van der Waals surface area contributed by atoms with E-state index in [2.05, 4.69) is 23.1 Å². The highest BCUT2D eigenvalue weighted by atomic mass is 16.4. The van der Waals surface area contributed by atoms with E-state index in [1.807, 2.05) is 16.6 Å². The van der Waals surface area contributed by atoms with Gasteiger partial charge in [0.2, 0.25) is 0 Å². The van der Waals surface area contributed by atoms with E-state index in [0.29, 0.717) is 0 Å². The Morgan fingerprint density at radius 1 is 1.30 bits per heavy atom. The van der Waals surface area contributed by atoms with Crippen molar-refractivity contribution in [2.24, 2.45) is 7.05 Å². The fourth-order valence-corrected chi connectivity index (χ4v) is 2.79. The summed E-state index contributed by atoms with van der Waals surface area (Å²) in [4.78, 5) is 15.2. The van der Waals surface area contributed by atoms with Crippen molar-refractivity contribution in [3.05, 3.63) is 17.5 Å². The molecule has 0 unspecified atom stereocenters. The third-order valence-electron chi connectivity index (χ3n) is 3.76. The van der Waals surface area contributed by atoms with E-state index >= 15 is 0 Å². The molecule has 1 fully saturated rings. The maximum absolute atomic E-state index is 10.8. The number of carboxylic acid groups (broad SMARTS) is 1. The van der Waals surface area contributed by atoms with E-state index in [1.165, 1.54) is 11.3 Å². The van der Waals surface area contributed by atoms with Crippen LogP contribution in [0.1, 0.15) is 24.6 Å². The first-order valence-corrected chi connectivity index (χ1v) is 7.26. The third kappa shape index (κ3) is 4.05. The molecule has 0 radical (unpaired) electrons. The number of aliphatic carboxylic acids is 1. The predicted octanol–water partition coefficient (Wildman–Crippen LogP) is 0.575. The lowest BCUT2D eigenvalue weighted by molar-refractivity contribution is -0.138. The van der Waals surface area contributed by atoms with Gasteiger partial charge < -0.3 is 5.11 Å². The minimum absolute atomic E-state index is 0.154. The SMILES string of the molecule is CCc1nn(C)cc1CN1CCCN(CC(=O)O)CC1. The first-order valence-electron chi connectivity index (χ1n) is 7.26. The Morgan fingerprint density at radius 3 is 2.70 bits per heavy atom. The molecular weight excluding hydrogens is 256 g/mol. The second-order valence-electron chi connectivity index (χ2n) is 5.43. The van der Waals surface area contributed by atoms with Crippen LogP contribution >= 0.6 is 0 Å². The van der Waals surface area contributed by atoms with Gasteiger partial charge in [0.15, 0.2) is 0 Å². The van der Waals surface area contributed by atoms with Crippen LogP contribution in [0, 0.1) is 0 Å². The summed E-state index contributed by atoms with van der Waals surface area (Å²) in [6.07, 6.45) is 4.07. The number of carbonyl (C=O) groups is 1. The van der Waals surface area contributed by atoms with Gasteiger partial charge in [0.1, 0.15) is 0 Å². The highest BCUT2D eigenvalue weighted by Gasteiger charge is 2.18. The molecule has 0 bridgehead atoms. The summed E-state index contributed by atoms with van der Waals surface area (Å²) in [6, 6.07) is 0. The van der Waals surface area contributed by atoms with Gasteiger partial charge in [0.05, 0.1) is 12.2 Å². The topological polar surface area (TPSA) is 61.6 Å². The Bertz CT molecular complexity index is 458. The fraction of sp³-hybridized carbons (Fsp3) is 0.714. The molecule has 1 saturated heterocycles. The molecule has 0 aliphatic carbocycles. The fourth-order valence-electron chi connectivity index (χ4n) is 2.79. The van der Waals surface area contributed by atoms with Crippen LogP contribution in [0.2, 0.25) is 0 Å². The van der Waals surface area contributed by atoms with Gasteiger partial charge in [0.25, 0.3) is 0 Å². The van der Waals surface area contributed by atoms with Gasteiger partial charge >= 0.3 is 5.97 Å². The van der Waals surface area contributed by atoms with Crippen molar-refractivity contribution in [1.82, 2.24) is 19.6 Å². The number of carboxylic acids is 1. The van der Waals surface area contributed by atoms with E-state index in [9.17, 15) is 4.79 Å². The molecule has 0 atom stereocenters. The average Bonchev–Trinajstić information content (AvgIpc) is 2.59. The van der Waals surface area contributed by atoms with Gasteiger partial charge in [-0.05, 0) is 19.4 Å². The molecule has 0 amide bonds. The Hall–Kier alpha value is -1.40. The second kappa shape index (κ2) is 6.85. The normalized spacial score (nSPS) is 18.1. The van der Waals surface area contributed by atoms with Crippen molar-refractivity contribution >= 4 is 5.97 Å². The molecule has 0 aromatic carbocycles. The number of hydrogen-bond acceptors (Lipinski definition) is 4. The average molecular weight is 280 g/mol. The van der Waals surface area contributed by atoms with E-state index in [4.69, 9.17) is 5.11 Å². The quantitative estimate of drug-likeness (QED) is 0.854. The Kier molecular flexibility index (Phi) is 5.14. The first kappa shape index (κ1) is 15.0. The molecule has 2 rings (SSSR count). The number of nitrogens with zero attached hydrogens (tertiary/aromatic N) is 4. The van der Waals surface area contributed by atoms with Crippen LogP contribution in [0.5, 0.6) is 0 Å². The number of rotatable bonds is 5. The highest BCUT2D eigenvalue weighted by Crippen LogP contribution is 2.13. The molecule has 1 aromatic rings. The van der Waals surface area contributed by atoms with E-state index in [0.717, 1.165) is 45.6 Å². The lowest BCUT2D eigenvalue weighted by atomic mass is 10.2. The van der Waals surface area contributed by atoms with Gasteiger partial charge in [-0.25, -0.2) is 0 Å². The summed E-state index contributed by atoms with van der Waals surface area (Å²) in [5.41, 5.74) is 2.46. The standard InChI is InChI=1S/C14H24N4O2/c1-3-13-12(9-16(2)15-13)10-17-5-4-6-18(8-7-17)11-14(19)20/h9H,3-8,10-11H2,1-2H3,(H,19,20). The van der Waals surface area contributed by atoms with Crippen LogP contribution in [-0.2, 0) is 24.8 Å².